The number of unbranched alkanes of at least 4 members (excludes halogenated alkanes) is 2. The maximum atomic E-state index is 10.1. The molecule has 10 heteroatoms. The van der Waals surface area contributed by atoms with Crippen LogP contribution < -0.4 is 35.3 Å². The Morgan fingerprint density at radius 2 is 1.05 bits per heavy atom. The summed E-state index contributed by atoms with van der Waals surface area (Å²) >= 11 is 0. The van der Waals surface area contributed by atoms with E-state index in [-0.39, 0.29) is 31.9 Å². The van der Waals surface area contributed by atoms with Gasteiger partial charge in [-0.3, -0.25) is 9.59 Å². The third-order valence-corrected chi connectivity index (χ3v) is 2.57. The first-order valence-electron chi connectivity index (χ1n) is 6.73. The second-order valence-electron chi connectivity index (χ2n) is 4.46. The number of rotatable bonds is 10. The van der Waals surface area contributed by atoms with Gasteiger partial charge in [-0.2, -0.15) is 0 Å². The monoisotopic (exact) mass is 391 g/mol. The first-order valence-corrected chi connectivity index (χ1v) is 6.73. The Morgan fingerprint density at radius 3 is 1.23 bits per heavy atom. The first-order chi connectivity index (χ1) is 9.36. The zero-order valence-corrected chi connectivity index (χ0v) is 16.6. The van der Waals surface area contributed by atoms with E-state index < -0.39 is 24.0 Å². The van der Waals surface area contributed by atoms with Gasteiger partial charge >= 0.3 is 31.4 Å². The molecule has 0 rings (SSSR count). The molecule has 0 fully saturated rings. The molecular weight excluding hydrogens is 365 g/mol. The van der Waals surface area contributed by atoms with Gasteiger partial charge < -0.3 is 45.6 Å². The Kier molecular flexibility index (Phi) is 27.9. The molecule has 2 unspecified atom stereocenters. The Bertz CT molecular complexity index is 250. The molecule has 0 spiro atoms. The SMILES string of the molecule is NCCCCC(N)C(=O)O.NCCCCC(N)C(=O)O.[Cl-].[Zn+2]. The van der Waals surface area contributed by atoms with Gasteiger partial charge in [-0.15, -0.1) is 0 Å². The number of hydrogen-bond acceptors (Lipinski definition) is 6. The van der Waals surface area contributed by atoms with Crippen LogP contribution in [0.4, 0.5) is 0 Å². The van der Waals surface area contributed by atoms with Crippen LogP contribution >= 0.6 is 0 Å². The van der Waals surface area contributed by atoms with Crippen molar-refractivity contribution >= 4 is 11.9 Å². The second-order valence-corrected chi connectivity index (χ2v) is 4.46. The van der Waals surface area contributed by atoms with Crippen LogP contribution in [0.2, 0.25) is 0 Å². The van der Waals surface area contributed by atoms with Crippen molar-refractivity contribution in [2.45, 2.75) is 50.6 Å². The summed E-state index contributed by atoms with van der Waals surface area (Å²) in [6.45, 7) is 1.21. The topological polar surface area (TPSA) is 179 Å². The summed E-state index contributed by atoms with van der Waals surface area (Å²) in [7, 11) is 0. The first kappa shape index (κ1) is 29.7. The van der Waals surface area contributed by atoms with Crippen LogP contribution in [-0.2, 0) is 29.1 Å². The average Bonchev–Trinajstić information content (AvgIpc) is 2.39. The number of aliphatic carboxylic acids is 2. The second kappa shape index (κ2) is 20.7. The van der Waals surface area contributed by atoms with Crippen molar-refractivity contribution < 1.29 is 51.7 Å². The third-order valence-electron chi connectivity index (χ3n) is 2.57. The maximum absolute atomic E-state index is 10.1. The fourth-order valence-corrected chi connectivity index (χ4v) is 1.26. The van der Waals surface area contributed by atoms with E-state index in [2.05, 4.69) is 0 Å². The van der Waals surface area contributed by atoms with E-state index in [0.29, 0.717) is 25.9 Å². The van der Waals surface area contributed by atoms with Gasteiger partial charge in [0, 0.05) is 0 Å². The minimum Gasteiger partial charge on any atom is -1.00 e. The molecule has 0 aromatic carbocycles. The Balaban J connectivity index is -0.000000135. The van der Waals surface area contributed by atoms with E-state index in [9.17, 15) is 9.59 Å². The standard InChI is InChI=1S/2C6H14N2O2.ClH.Zn/c2*7-4-2-1-3-5(8)6(9)10;;/h2*5H,1-4,7-8H2,(H,9,10);1H;/q;;;+2/p-1. The Hall–Kier alpha value is -0.307. The molecule has 0 aliphatic carbocycles. The predicted octanol–water partition coefficient (Wildman–Crippen LogP) is -3.94. The number of carboxylic acid groups (broad SMARTS) is 2. The summed E-state index contributed by atoms with van der Waals surface area (Å²) < 4.78 is 0. The molecule has 0 amide bonds. The van der Waals surface area contributed by atoms with Gasteiger partial charge in [-0.05, 0) is 38.8 Å². The van der Waals surface area contributed by atoms with Gasteiger partial charge in [0.25, 0.3) is 0 Å². The molecule has 128 valence electrons. The van der Waals surface area contributed by atoms with E-state index in [1.165, 1.54) is 0 Å². The molecular formula is C12H28ClN4O4Zn+. The van der Waals surface area contributed by atoms with E-state index in [4.69, 9.17) is 33.1 Å². The van der Waals surface area contributed by atoms with Crippen LogP contribution in [0.3, 0.4) is 0 Å². The van der Waals surface area contributed by atoms with E-state index in [0.717, 1.165) is 25.7 Å². The zero-order chi connectivity index (χ0) is 16.0. The summed E-state index contributed by atoms with van der Waals surface area (Å²) in [6.07, 6.45) is 4.33. The van der Waals surface area contributed by atoms with Gasteiger partial charge in [-0.1, -0.05) is 12.8 Å². The van der Waals surface area contributed by atoms with Gasteiger partial charge in [0.05, 0.1) is 0 Å². The third kappa shape index (κ3) is 22.0. The Labute approximate surface area is 150 Å². The fourth-order valence-electron chi connectivity index (χ4n) is 1.26. The van der Waals surface area contributed by atoms with E-state index in [1.807, 2.05) is 0 Å². The molecule has 0 heterocycles. The quantitative estimate of drug-likeness (QED) is 0.161. The predicted molar refractivity (Wildman–Crippen MR) is 77.0 cm³/mol. The van der Waals surface area contributed by atoms with Crippen LogP contribution in [0.15, 0.2) is 0 Å². The number of halogens is 1. The molecule has 0 aromatic rings. The molecule has 2 atom stereocenters. The van der Waals surface area contributed by atoms with Crippen molar-refractivity contribution in [3.8, 4) is 0 Å². The summed E-state index contributed by atoms with van der Waals surface area (Å²) in [5.41, 5.74) is 20.8. The largest absolute Gasteiger partial charge is 2.00 e. The van der Waals surface area contributed by atoms with Crippen molar-refractivity contribution in [2.24, 2.45) is 22.9 Å². The molecule has 0 aliphatic rings. The van der Waals surface area contributed by atoms with Crippen LogP contribution in [0.25, 0.3) is 0 Å². The number of hydrogen-bond donors (Lipinski definition) is 6. The normalized spacial score (nSPS) is 11.8. The van der Waals surface area contributed by atoms with Gasteiger partial charge in [0.1, 0.15) is 12.1 Å². The summed E-state index contributed by atoms with van der Waals surface area (Å²) in [6, 6.07) is -1.43. The summed E-state index contributed by atoms with van der Waals surface area (Å²) in [5.74, 6) is -1.87. The Morgan fingerprint density at radius 1 is 0.773 bits per heavy atom. The molecule has 8 nitrogen and oxygen atoms in total. The molecule has 0 bridgehead atoms. The average molecular weight is 393 g/mol. The van der Waals surface area contributed by atoms with Crippen molar-refractivity contribution in [1.82, 2.24) is 0 Å². The zero-order valence-electron chi connectivity index (χ0n) is 12.9. The smallest absolute Gasteiger partial charge is 1.00 e. The molecule has 0 saturated carbocycles. The fraction of sp³-hybridized carbons (Fsp3) is 0.833. The minimum absolute atomic E-state index is 0. The maximum Gasteiger partial charge on any atom is 2.00 e. The molecule has 0 saturated heterocycles. The van der Waals surface area contributed by atoms with E-state index >= 15 is 0 Å². The molecule has 0 aromatic heterocycles. The molecule has 22 heavy (non-hydrogen) atoms. The van der Waals surface area contributed by atoms with Crippen molar-refractivity contribution in [3.05, 3.63) is 0 Å². The molecule has 0 aliphatic heterocycles. The van der Waals surface area contributed by atoms with Crippen LogP contribution in [0.1, 0.15) is 38.5 Å². The van der Waals surface area contributed by atoms with Gasteiger partial charge in [0.15, 0.2) is 0 Å². The van der Waals surface area contributed by atoms with Crippen LogP contribution in [0, 0.1) is 0 Å². The number of carbonyl (C=O) groups is 2. The van der Waals surface area contributed by atoms with Crippen molar-refractivity contribution in [2.75, 3.05) is 13.1 Å². The van der Waals surface area contributed by atoms with Crippen LogP contribution in [0.5, 0.6) is 0 Å². The molecule has 10 N–H and O–H groups in total. The number of nitrogens with two attached hydrogens (primary N) is 4. The minimum atomic E-state index is -0.933. The summed E-state index contributed by atoms with van der Waals surface area (Å²) in [5, 5.41) is 16.7. The molecule has 0 radical (unpaired) electrons. The van der Waals surface area contributed by atoms with E-state index in [1.54, 1.807) is 0 Å². The van der Waals surface area contributed by atoms with Gasteiger partial charge in [-0.25, -0.2) is 0 Å². The van der Waals surface area contributed by atoms with Crippen molar-refractivity contribution in [1.29, 1.82) is 0 Å². The van der Waals surface area contributed by atoms with Crippen molar-refractivity contribution in [3.63, 3.8) is 0 Å². The summed E-state index contributed by atoms with van der Waals surface area (Å²) in [4.78, 5) is 20.3. The van der Waals surface area contributed by atoms with Crippen LogP contribution in [-0.4, -0.2) is 47.3 Å². The number of carboxylic acids is 2. The van der Waals surface area contributed by atoms with Gasteiger partial charge in [0.2, 0.25) is 0 Å².